The molecule has 0 fully saturated rings. The Hall–Kier alpha value is -1.36. The lowest BCUT2D eigenvalue weighted by Crippen LogP contribution is -2.17. The van der Waals surface area contributed by atoms with E-state index in [0.717, 1.165) is 24.4 Å². The van der Waals surface area contributed by atoms with E-state index in [1.807, 2.05) is 6.92 Å². The SMILES string of the molecule is CCOCc1nc2c([nH]1)CCCC2C(=O)O. The number of nitrogens with one attached hydrogen (secondary N) is 1. The van der Waals surface area contributed by atoms with Gasteiger partial charge in [0.25, 0.3) is 0 Å². The molecular formula is C11H16N2O3. The maximum absolute atomic E-state index is 11.1. The number of fused-ring (bicyclic) bond motifs is 1. The fraction of sp³-hybridized carbons (Fsp3) is 0.636. The van der Waals surface area contributed by atoms with E-state index in [0.29, 0.717) is 25.3 Å². The van der Waals surface area contributed by atoms with Crippen LogP contribution >= 0.6 is 0 Å². The largest absolute Gasteiger partial charge is 0.481 e. The number of H-pyrrole nitrogens is 1. The Kier molecular flexibility index (Phi) is 3.24. The number of ether oxygens (including phenoxy) is 1. The molecule has 1 aromatic rings. The quantitative estimate of drug-likeness (QED) is 0.811. The van der Waals surface area contributed by atoms with Crippen molar-refractivity contribution in [2.45, 2.75) is 38.7 Å². The van der Waals surface area contributed by atoms with Gasteiger partial charge in [0.1, 0.15) is 18.3 Å². The van der Waals surface area contributed by atoms with Crippen LogP contribution in [-0.4, -0.2) is 27.7 Å². The second-order valence-corrected chi connectivity index (χ2v) is 3.97. The number of hydrogen-bond donors (Lipinski definition) is 2. The topological polar surface area (TPSA) is 75.2 Å². The van der Waals surface area contributed by atoms with Gasteiger partial charge in [-0.2, -0.15) is 0 Å². The average Bonchev–Trinajstić information content (AvgIpc) is 2.68. The van der Waals surface area contributed by atoms with Gasteiger partial charge in [-0.15, -0.1) is 0 Å². The third-order valence-corrected chi connectivity index (χ3v) is 2.85. The fourth-order valence-corrected chi connectivity index (χ4v) is 2.09. The average molecular weight is 224 g/mol. The maximum atomic E-state index is 11.1. The highest BCUT2D eigenvalue weighted by molar-refractivity contribution is 5.76. The van der Waals surface area contributed by atoms with E-state index in [9.17, 15) is 4.79 Å². The Labute approximate surface area is 93.8 Å². The lowest BCUT2D eigenvalue weighted by Gasteiger charge is -2.16. The number of carboxylic acids is 1. The highest BCUT2D eigenvalue weighted by atomic mass is 16.5. The normalized spacial score (nSPS) is 19.4. The van der Waals surface area contributed by atoms with Crippen LogP contribution < -0.4 is 0 Å². The Bertz CT molecular complexity index is 387. The molecule has 0 aliphatic heterocycles. The molecule has 1 aliphatic rings. The third-order valence-electron chi connectivity index (χ3n) is 2.85. The van der Waals surface area contributed by atoms with Gasteiger partial charge in [-0.3, -0.25) is 4.79 Å². The van der Waals surface area contributed by atoms with E-state index in [-0.39, 0.29) is 0 Å². The van der Waals surface area contributed by atoms with Gasteiger partial charge in [-0.25, -0.2) is 4.98 Å². The molecule has 1 atom stereocenters. The zero-order valence-corrected chi connectivity index (χ0v) is 9.32. The van der Waals surface area contributed by atoms with Crippen LogP contribution in [-0.2, 0) is 22.6 Å². The lowest BCUT2D eigenvalue weighted by atomic mass is 9.90. The van der Waals surface area contributed by atoms with Crippen LogP contribution in [0.3, 0.4) is 0 Å². The standard InChI is InChI=1S/C11H16N2O3/c1-2-16-6-9-12-8-5-3-4-7(11(14)15)10(8)13-9/h7H,2-6H2,1H3,(H,12,13)(H,14,15). The minimum atomic E-state index is -0.782. The van der Waals surface area contributed by atoms with Crippen molar-refractivity contribution in [2.75, 3.05) is 6.61 Å². The summed E-state index contributed by atoms with van der Waals surface area (Å²) in [6.07, 6.45) is 2.47. The van der Waals surface area contributed by atoms with Crippen LogP contribution in [0.4, 0.5) is 0 Å². The summed E-state index contributed by atoms with van der Waals surface area (Å²) < 4.78 is 5.25. The Morgan fingerprint density at radius 1 is 1.69 bits per heavy atom. The van der Waals surface area contributed by atoms with Crippen LogP contribution in [0, 0.1) is 0 Å². The number of rotatable bonds is 4. The first-order valence-electron chi connectivity index (χ1n) is 5.60. The van der Waals surface area contributed by atoms with Gasteiger partial charge in [-0.05, 0) is 26.2 Å². The monoisotopic (exact) mass is 224 g/mol. The van der Waals surface area contributed by atoms with Gasteiger partial charge in [0.15, 0.2) is 0 Å². The van der Waals surface area contributed by atoms with Gasteiger partial charge in [0.05, 0.1) is 5.69 Å². The van der Waals surface area contributed by atoms with Crippen LogP contribution in [0.5, 0.6) is 0 Å². The molecular weight excluding hydrogens is 208 g/mol. The van der Waals surface area contributed by atoms with Crippen molar-refractivity contribution in [1.29, 1.82) is 0 Å². The molecule has 16 heavy (non-hydrogen) atoms. The minimum Gasteiger partial charge on any atom is -0.481 e. The van der Waals surface area contributed by atoms with Crippen LogP contribution in [0.15, 0.2) is 0 Å². The molecule has 2 N–H and O–H groups in total. The molecule has 0 amide bonds. The molecule has 1 aliphatic carbocycles. The second-order valence-electron chi connectivity index (χ2n) is 3.97. The lowest BCUT2D eigenvalue weighted by molar-refractivity contribution is -0.139. The Morgan fingerprint density at radius 2 is 2.50 bits per heavy atom. The second kappa shape index (κ2) is 4.65. The molecule has 88 valence electrons. The van der Waals surface area contributed by atoms with Crippen LogP contribution in [0.25, 0.3) is 0 Å². The molecule has 5 heteroatoms. The van der Waals surface area contributed by atoms with Gasteiger partial charge < -0.3 is 14.8 Å². The van der Waals surface area contributed by atoms with E-state index in [4.69, 9.17) is 9.84 Å². The molecule has 0 bridgehead atoms. The molecule has 2 rings (SSSR count). The Morgan fingerprint density at radius 3 is 3.19 bits per heavy atom. The van der Waals surface area contributed by atoms with Crippen molar-refractivity contribution in [3.63, 3.8) is 0 Å². The third kappa shape index (κ3) is 2.09. The summed E-state index contributed by atoms with van der Waals surface area (Å²) in [6.45, 7) is 2.98. The maximum Gasteiger partial charge on any atom is 0.312 e. The number of carboxylic acid groups (broad SMARTS) is 1. The molecule has 0 saturated heterocycles. The number of aromatic amines is 1. The van der Waals surface area contributed by atoms with Gasteiger partial charge in [-0.1, -0.05) is 0 Å². The van der Waals surface area contributed by atoms with E-state index in [1.165, 1.54) is 0 Å². The van der Waals surface area contributed by atoms with Crippen molar-refractivity contribution in [3.8, 4) is 0 Å². The Balaban J connectivity index is 2.20. The van der Waals surface area contributed by atoms with E-state index < -0.39 is 11.9 Å². The highest BCUT2D eigenvalue weighted by Gasteiger charge is 2.29. The summed E-state index contributed by atoms with van der Waals surface area (Å²) >= 11 is 0. The highest BCUT2D eigenvalue weighted by Crippen LogP contribution is 2.30. The fourth-order valence-electron chi connectivity index (χ4n) is 2.09. The van der Waals surface area contributed by atoms with Gasteiger partial charge in [0, 0.05) is 12.3 Å². The zero-order valence-electron chi connectivity index (χ0n) is 9.32. The van der Waals surface area contributed by atoms with Crippen molar-refractivity contribution < 1.29 is 14.6 Å². The summed E-state index contributed by atoms with van der Waals surface area (Å²) in [5, 5.41) is 9.09. The van der Waals surface area contributed by atoms with Crippen LogP contribution in [0.2, 0.25) is 0 Å². The molecule has 1 unspecified atom stereocenters. The first-order chi connectivity index (χ1) is 7.72. The predicted molar refractivity (Wildman–Crippen MR) is 57.2 cm³/mol. The van der Waals surface area contributed by atoms with Gasteiger partial charge in [0.2, 0.25) is 0 Å². The number of carbonyl (C=O) groups is 1. The van der Waals surface area contributed by atoms with E-state index >= 15 is 0 Å². The number of aryl methyl sites for hydroxylation is 1. The number of imidazole rings is 1. The number of aromatic nitrogens is 2. The molecule has 5 nitrogen and oxygen atoms in total. The summed E-state index contributed by atoms with van der Waals surface area (Å²) in [5.41, 5.74) is 1.67. The van der Waals surface area contributed by atoms with Crippen molar-refractivity contribution in [3.05, 3.63) is 17.2 Å². The smallest absolute Gasteiger partial charge is 0.312 e. The van der Waals surface area contributed by atoms with Crippen molar-refractivity contribution in [1.82, 2.24) is 9.97 Å². The molecule has 0 saturated carbocycles. The summed E-state index contributed by atoms with van der Waals surface area (Å²) in [6, 6.07) is 0. The first-order valence-corrected chi connectivity index (χ1v) is 5.60. The van der Waals surface area contributed by atoms with E-state index in [1.54, 1.807) is 0 Å². The predicted octanol–water partition coefficient (Wildman–Crippen LogP) is 1.45. The first kappa shape index (κ1) is 11.1. The molecule has 0 spiro atoms. The number of nitrogens with zero attached hydrogens (tertiary/aromatic N) is 1. The molecule has 0 radical (unpaired) electrons. The summed E-state index contributed by atoms with van der Waals surface area (Å²) in [7, 11) is 0. The molecule has 1 aromatic heterocycles. The van der Waals surface area contributed by atoms with Gasteiger partial charge >= 0.3 is 5.97 Å². The van der Waals surface area contributed by atoms with Crippen LogP contribution in [0.1, 0.15) is 42.9 Å². The van der Waals surface area contributed by atoms with Crippen molar-refractivity contribution >= 4 is 5.97 Å². The van der Waals surface area contributed by atoms with E-state index in [2.05, 4.69) is 9.97 Å². The number of hydrogen-bond acceptors (Lipinski definition) is 3. The minimum absolute atomic E-state index is 0.426. The summed E-state index contributed by atoms with van der Waals surface area (Å²) in [4.78, 5) is 18.5. The zero-order chi connectivity index (χ0) is 11.5. The molecule has 1 heterocycles. The number of aliphatic carboxylic acids is 1. The molecule has 0 aromatic carbocycles. The summed E-state index contributed by atoms with van der Waals surface area (Å²) in [5.74, 6) is -0.495. The van der Waals surface area contributed by atoms with Crippen molar-refractivity contribution in [2.24, 2.45) is 0 Å².